The summed E-state index contributed by atoms with van der Waals surface area (Å²) in [5.41, 5.74) is 1.56. The van der Waals surface area contributed by atoms with Gasteiger partial charge in [-0.1, -0.05) is 24.2 Å². The molecule has 0 aromatic heterocycles. The molecule has 0 unspecified atom stereocenters. The largest absolute Gasteiger partial charge is 0.468 e. The van der Waals surface area contributed by atoms with E-state index in [4.69, 9.17) is 17.3 Å². The Hall–Kier alpha value is -1.22. The van der Waals surface area contributed by atoms with Gasteiger partial charge in [0.1, 0.15) is 13.6 Å². The zero-order valence-electron chi connectivity index (χ0n) is 7.62. The van der Waals surface area contributed by atoms with E-state index in [0.717, 1.165) is 11.3 Å². The van der Waals surface area contributed by atoms with Gasteiger partial charge in [0, 0.05) is 7.11 Å². The highest BCUT2D eigenvalue weighted by molar-refractivity contribution is 6.34. The lowest BCUT2D eigenvalue weighted by Crippen LogP contribution is -2.07. The minimum absolute atomic E-state index is 0.237. The van der Waals surface area contributed by atoms with Crippen molar-refractivity contribution >= 4 is 19.4 Å². The van der Waals surface area contributed by atoms with E-state index < -0.39 is 0 Å². The summed E-state index contributed by atoms with van der Waals surface area (Å²) in [6, 6.07) is 5.39. The fourth-order valence-electron chi connectivity index (χ4n) is 0.946. The van der Waals surface area contributed by atoms with Crippen LogP contribution in [0.5, 0.6) is 5.75 Å². The van der Waals surface area contributed by atoms with Crippen molar-refractivity contribution in [1.29, 1.82) is 0 Å². The van der Waals surface area contributed by atoms with Crippen molar-refractivity contribution in [3.05, 3.63) is 30.3 Å². The lowest BCUT2D eigenvalue weighted by molar-refractivity contribution is 0.0511. The van der Waals surface area contributed by atoms with Crippen LogP contribution in [0.3, 0.4) is 0 Å². The van der Waals surface area contributed by atoms with Crippen LogP contribution in [0, 0.1) is 0 Å². The zero-order valence-corrected chi connectivity index (χ0v) is 7.62. The Balaban J connectivity index is 2.80. The topological polar surface area (TPSA) is 18.5 Å². The summed E-state index contributed by atoms with van der Waals surface area (Å²) in [5.74, 6) is 0.728. The summed E-state index contributed by atoms with van der Waals surface area (Å²) in [7, 11) is 7.25. The first-order chi connectivity index (χ1) is 6.27. The summed E-state index contributed by atoms with van der Waals surface area (Å²) in [5, 5.41) is 0. The normalized spacial score (nSPS) is 9.62. The van der Waals surface area contributed by atoms with E-state index >= 15 is 0 Å². The average molecular weight is 174 g/mol. The first-order valence-corrected chi connectivity index (χ1v) is 3.91. The van der Waals surface area contributed by atoms with E-state index in [1.807, 2.05) is 6.07 Å². The molecule has 1 rings (SSSR count). The molecule has 0 atom stereocenters. The van der Waals surface area contributed by atoms with Gasteiger partial charge in [0.2, 0.25) is 0 Å². The molecule has 2 nitrogen and oxygen atoms in total. The molecule has 0 aliphatic heterocycles. The van der Waals surface area contributed by atoms with Crippen LogP contribution < -0.4 is 10.2 Å². The second-order valence-electron chi connectivity index (χ2n) is 2.55. The Morgan fingerprint density at radius 2 is 2.31 bits per heavy atom. The third-order valence-electron chi connectivity index (χ3n) is 1.62. The van der Waals surface area contributed by atoms with Gasteiger partial charge >= 0.3 is 0 Å². The fraction of sp³-hybridized carbons (Fsp3) is 0.200. The molecule has 1 aromatic carbocycles. The van der Waals surface area contributed by atoms with E-state index in [1.165, 1.54) is 0 Å². The molecule has 0 heterocycles. The van der Waals surface area contributed by atoms with Gasteiger partial charge in [0.15, 0.2) is 6.79 Å². The van der Waals surface area contributed by atoms with Gasteiger partial charge in [-0.05, 0) is 17.7 Å². The molecular formula is C10H11BO2. The molecule has 0 spiro atoms. The number of methoxy groups -OCH3 is 1. The molecule has 1 aromatic rings. The lowest BCUT2D eigenvalue weighted by atomic mass is 9.90. The highest BCUT2D eigenvalue weighted by atomic mass is 16.7. The summed E-state index contributed by atoms with van der Waals surface area (Å²) in [6.45, 7) is 3.88. The summed E-state index contributed by atoms with van der Waals surface area (Å²) in [6.07, 6.45) is 1.69. The van der Waals surface area contributed by atoms with Crippen LogP contribution in [-0.4, -0.2) is 21.7 Å². The Labute approximate surface area is 79.6 Å². The van der Waals surface area contributed by atoms with Gasteiger partial charge in [0.25, 0.3) is 0 Å². The van der Waals surface area contributed by atoms with Crippen molar-refractivity contribution in [2.45, 2.75) is 0 Å². The van der Waals surface area contributed by atoms with Crippen molar-refractivity contribution in [2.75, 3.05) is 13.9 Å². The van der Waals surface area contributed by atoms with Crippen LogP contribution in [0.2, 0.25) is 0 Å². The molecule has 66 valence electrons. The van der Waals surface area contributed by atoms with Crippen LogP contribution in [0.4, 0.5) is 0 Å². The number of hydrogen-bond donors (Lipinski definition) is 0. The first kappa shape index (κ1) is 9.87. The van der Waals surface area contributed by atoms with Crippen LogP contribution in [0.25, 0.3) is 6.08 Å². The highest BCUT2D eigenvalue weighted by Crippen LogP contribution is 2.11. The van der Waals surface area contributed by atoms with E-state index in [9.17, 15) is 0 Å². The van der Waals surface area contributed by atoms with Gasteiger partial charge in [-0.2, -0.15) is 0 Å². The van der Waals surface area contributed by atoms with Gasteiger partial charge in [-0.25, -0.2) is 0 Å². The Morgan fingerprint density at radius 3 is 2.92 bits per heavy atom. The summed E-state index contributed by atoms with van der Waals surface area (Å²) >= 11 is 0. The van der Waals surface area contributed by atoms with Gasteiger partial charge in [0.05, 0.1) is 0 Å². The van der Waals surface area contributed by atoms with E-state index in [-0.39, 0.29) is 6.79 Å². The Morgan fingerprint density at radius 1 is 1.54 bits per heavy atom. The smallest absolute Gasteiger partial charge is 0.188 e. The lowest BCUT2D eigenvalue weighted by Gasteiger charge is -2.07. The minimum atomic E-state index is 0.237. The molecule has 0 aliphatic rings. The quantitative estimate of drug-likeness (QED) is 0.502. The number of hydrogen-bond acceptors (Lipinski definition) is 2. The van der Waals surface area contributed by atoms with Crippen LogP contribution >= 0.6 is 0 Å². The van der Waals surface area contributed by atoms with Crippen LogP contribution in [0.15, 0.2) is 24.8 Å². The number of benzene rings is 1. The molecule has 3 heteroatoms. The monoisotopic (exact) mass is 174 g/mol. The van der Waals surface area contributed by atoms with E-state index in [1.54, 1.807) is 25.3 Å². The molecular weight excluding hydrogens is 163 g/mol. The molecule has 0 saturated heterocycles. The molecule has 0 N–H and O–H groups in total. The second-order valence-corrected chi connectivity index (χ2v) is 2.55. The third kappa shape index (κ3) is 2.63. The van der Waals surface area contributed by atoms with Crippen molar-refractivity contribution < 1.29 is 9.47 Å². The Bertz CT molecular complexity index is 297. The maximum atomic E-state index is 5.67. The number of rotatable bonds is 4. The van der Waals surface area contributed by atoms with Crippen molar-refractivity contribution in [2.24, 2.45) is 0 Å². The fourth-order valence-corrected chi connectivity index (χ4v) is 0.946. The summed E-state index contributed by atoms with van der Waals surface area (Å²) < 4.78 is 10.00. The Kier molecular flexibility index (Phi) is 3.59. The predicted octanol–water partition coefficient (Wildman–Crippen LogP) is 1.11. The molecule has 2 radical (unpaired) electrons. The van der Waals surface area contributed by atoms with Crippen molar-refractivity contribution in [3.63, 3.8) is 0 Å². The molecule has 0 saturated carbocycles. The maximum absolute atomic E-state index is 5.67. The zero-order chi connectivity index (χ0) is 9.68. The molecule has 13 heavy (non-hydrogen) atoms. The van der Waals surface area contributed by atoms with Crippen molar-refractivity contribution in [3.8, 4) is 5.75 Å². The number of ether oxygens (including phenoxy) is 2. The predicted molar refractivity (Wildman–Crippen MR) is 54.4 cm³/mol. The van der Waals surface area contributed by atoms with Gasteiger partial charge in [-0.3, -0.25) is 0 Å². The molecule has 0 fully saturated rings. The van der Waals surface area contributed by atoms with Gasteiger partial charge in [-0.15, -0.1) is 0 Å². The van der Waals surface area contributed by atoms with E-state index in [0.29, 0.717) is 5.46 Å². The molecule has 0 amide bonds. The molecule has 0 aliphatic carbocycles. The SMILES string of the molecule is [B]c1ccc(OCOC)cc1C=C. The maximum Gasteiger partial charge on any atom is 0.188 e. The average Bonchev–Trinajstić information content (AvgIpc) is 2.16. The van der Waals surface area contributed by atoms with Crippen molar-refractivity contribution in [1.82, 2.24) is 0 Å². The van der Waals surface area contributed by atoms with Crippen LogP contribution in [-0.2, 0) is 4.74 Å². The third-order valence-corrected chi connectivity index (χ3v) is 1.62. The van der Waals surface area contributed by atoms with Crippen LogP contribution in [0.1, 0.15) is 5.56 Å². The second kappa shape index (κ2) is 4.72. The first-order valence-electron chi connectivity index (χ1n) is 3.91. The minimum Gasteiger partial charge on any atom is -0.468 e. The van der Waals surface area contributed by atoms with E-state index in [2.05, 4.69) is 6.58 Å². The standard InChI is InChI=1S/C10H11BO2/c1-3-8-6-9(13-7-12-2)4-5-10(8)11/h3-6H,1,7H2,2H3. The summed E-state index contributed by atoms with van der Waals surface area (Å²) in [4.78, 5) is 0. The molecule has 0 bridgehead atoms. The van der Waals surface area contributed by atoms with Gasteiger partial charge < -0.3 is 9.47 Å². The highest BCUT2D eigenvalue weighted by Gasteiger charge is 1.96.